The third kappa shape index (κ3) is 5.26. The maximum absolute atomic E-state index is 13.0. The summed E-state index contributed by atoms with van der Waals surface area (Å²) in [7, 11) is 0. The van der Waals surface area contributed by atoms with Crippen LogP contribution in [0.25, 0.3) is 11.0 Å². The molecule has 4 rings (SSSR count). The van der Waals surface area contributed by atoms with Gasteiger partial charge in [-0.05, 0) is 36.8 Å². The third-order valence-electron chi connectivity index (χ3n) is 4.97. The monoisotopic (exact) mass is 486 g/mol. The Hall–Kier alpha value is -2.84. The molecule has 31 heavy (non-hydrogen) atoms. The zero-order valence-electron chi connectivity index (χ0n) is 16.9. The van der Waals surface area contributed by atoms with E-state index in [0.717, 1.165) is 10.2 Å². The van der Waals surface area contributed by atoms with E-state index in [9.17, 15) is 9.59 Å². The number of carbonyl (C=O) groups excluding carboxylic acids is 2. The number of fused-ring (bicyclic) bond motifs is 1. The molecule has 2 heterocycles. The molecule has 3 aromatic rings. The van der Waals surface area contributed by atoms with Gasteiger partial charge in [-0.3, -0.25) is 9.59 Å². The molecule has 0 aliphatic carbocycles. The normalized spacial score (nSPS) is 13.9. The Labute approximate surface area is 188 Å². The molecule has 0 radical (unpaired) electrons. The molecule has 162 valence electrons. The van der Waals surface area contributed by atoms with Gasteiger partial charge in [-0.15, -0.1) is 0 Å². The molecule has 0 spiro atoms. The van der Waals surface area contributed by atoms with E-state index in [2.05, 4.69) is 21.2 Å². The van der Waals surface area contributed by atoms with Crippen molar-refractivity contribution in [2.24, 2.45) is 0 Å². The van der Waals surface area contributed by atoms with Crippen LogP contribution in [0.2, 0.25) is 0 Å². The van der Waals surface area contributed by atoms with Gasteiger partial charge in [0.2, 0.25) is 11.7 Å². The van der Waals surface area contributed by atoms with Crippen molar-refractivity contribution in [3.8, 4) is 5.75 Å². The first-order valence-electron chi connectivity index (χ1n) is 10.2. The van der Waals surface area contributed by atoms with Gasteiger partial charge in [0.25, 0.3) is 5.91 Å². The van der Waals surface area contributed by atoms with Crippen LogP contribution in [0.15, 0.2) is 57.4 Å². The average molecular weight is 487 g/mol. The summed E-state index contributed by atoms with van der Waals surface area (Å²) >= 11 is 3.40. The first-order valence-corrected chi connectivity index (χ1v) is 11.0. The van der Waals surface area contributed by atoms with Crippen molar-refractivity contribution < 1.29 is 23.5 Å². The highest BCUT2D eigenvalue weighted by molar-refractivity contribution is 9.10. The van der Waals surface area contributed by atoms with Gasteiger partial charge >= 0.3 is 0 Å². The second kappa shape index (κ2) is 9.98. The van der Waals surface area contributed by atoms with Crippen molar-refractivity contribution in [1.29, 1.82) is 0 Å². The highest BCUT2D eigenvalue weighted by atomic mass is 79.9. The van der Waals surface area contributed by atoms with Crippen molar-refractivity contribution in [2.45, 2.75) is 12.8 Å². The minimum absolute atomic E-state index is 0.154. The largest absolute Gasteiger partial charge is 0.494 e. The summed E-state index contributed by atoms with van der Waals surface area (Å²) in [6, 6.07) is 14.9. The summed E-state index contributed by atoms with van der Waals surface area (Å²) in [5.74, 6) is 0.462. The lowest BCUT2D eigenvalue weighted by atomic mass is 10.2. The SMILES string of the molecule is O=C(CCCOc1cccc(Br)c1)Nc1c(C(=O)N2CCOCC2)oc2ccccc12. The third-order valence-corrected chi connectivity index (χ3v) is 5.46. The molecule has 0 saturated carbocycles. The van der Waals surface area contributed by atoms with Crippen LogP contribution in [0.3, 0.4) is 0 Å². The van der Waals surface area contributed by atoms with Gasteiger partial charge in [0.1, 0.15) is 17.0 Å². The van der Waals surface area contributed by atoms with Crippen molar-refractivity contribution in [3.63, 3.8) is 0 Å². The molecule has 7 nitrogen and oxygen atoms in total. The standard InChI is InChI=1S/C23H23BrN2O5/c24-16-5-3-6-17(15-16)30-12-4-9-20(27)25-21-18-7-1-2-8-19(18)31-22(21)23(28)26-10-13-29-14-11-26/h1-3,5-8,15H,4,9-14H2,(H,25,27). The number of hydrogen-bond donors (Lipinski definition) is 1. The number of amides is 2. The van der Waals surface area contributed by atoms with Gasteiger partial charge in [0.15, 0.2) is 0 Å². The Kier molecular flexibility index (Phi) is 6.89. The lowest BCUT2D eigenvalue weighted by Crippen LogP contribution is -2.40. The van der Waals surface area contributed by atoms with Gasteiger partial charge in [-0.1, -0.05) is 34.1 Å². The predicted octanol–water partition coefficient (Wildman–Crippen LogP) is 4.47. The fourth-order valence-electron chi connectivity index (χ4n) is 3.41. The fourth-order valence-corrected chi connectivity index (χ4v) is 3.79. The number of rotatable bonds is 7. The Morgan fingerprint density at radius 3 is 2.71 bits per heavy atom. The number of para-hydroxylation sites is 1. The molecule has 0 unspecified atom stereocenters. The molecule has 1 fully saturated rings. The Morgan fingerprint density at radius 1 is 1.10 bits per heavy atom. The average Bonchev–Trinajstić information content (AvgIpc) is 3.15. The summed E-state index contributed by atoms with van der Waals surface area (Å²) in [5, 5.41) is 3.59. The van der Waals surface area contributed by atoms with Crippen molar-refractivity contribution in [1.82, 2.24) is 4.90 Å². The van der Waals surface area contributed by atoms with Crippen LogP contribution in [0.4, 0.5) is 5.69 Å². The number of benzene rings is 2. The van der Waals surface area contributed by atoms with Crippen LogP contribution in [0, 0.1) is 0 Å². The molecular weight excluding hydrogens is 464 g/mol. The summed E-state index contributed by atoms with van der Waals surface area (Å²) in [5.41, 5.74) is 0.984. The van der Waals surface area contributed by atoms with Crippen LogP contribution >= 0.6 is 15.9 Å². The molecule has 1 N–H and O–H groups in total. The lowest BCUT2D eigenvalue weighted by Gasteiger charge is -2.26. The molecule has 1 aromatic heterocycles. The summed E-state index contributed by atoms with van der Waals surface area (Å²) in [6.07, 6.45) is 0.805. The number of carbonyl (C=O) groups is 2. The van der Waals surface area contributed by atoms with E-state index in [1.807, 2.05) is 42.5 Å². The number of anilines is 1. The molecule has 0 bridgehead atoms. The maximum Gasteiger partial charge on any atom is 0.291 e. The number of nitrogens with one attached hydrogen (secondary N) is 1. The van der Waals surface area contributed by atoms with Crippen LogP contribution in [-0.2, 0) is 9.53 Å². The Balaban J connectivity index is 1.41. The molecule has 1 aliphatic heterocycles. The summed E-state index contributed by atoms with van der Waals surface area (Å²) < 4.78 is 17.8. The Bertz CT molecular complexity index is 1070. The van der Waals surface area contributed by atoms with Crippen molar-refractivity contribution in [2.75, 3.05) is 38.2 Å². The molecule has 1 saturated heterocycles. The molecule has 2 amide bonds. The van der Waals surface area contributed by atoms with Crippen LogP contribution in [0.5, 0.6) is 5.75 Å². The Morgan fingerprint density at radius 2 is 1.90 bits per heavy atom. The number of furan rings is 1. The first kappa shape index (κ1) is 21.4. The van der Waals surface area contributed by atoms with Gasteiger partial charge in [-0.25, -0.2) is 0 Å². The predicted molar refractivity (Wildman–Crippen MR) is 120 cm³/mol. The summed E-state index contributed by atoms with van der Waals surface area (Å²) in [6.45, 7) is 2.39. The second-order valence-electron chi connectivity index (χ2n) is 7.16. The number of ether oxygens (including phenoxy) is 2. The van der Waals surface area contributed by atoms with Crippen LogP contribution in [0.1, 0.15) is 23.4 Å². The zero-order valence-corrected chi connectivity index (χ0v) is 18.5. The number of morpholine rings is 1. The zero-order chi connectivity index (χ0) is 21.6. The molecule has 1 aliphatic rings. The van der Waals surface area contributed by atoms with Crippen LogP contribution < -0.4 is 10.1 Å². The van der Waals surface area contributed by atoms with E-state index in [0.29, 0.717) is 56.0 Å². The first-order chi connectivity index (χ1) is 15.1. The smallest absolute Gasteiger partial charge is 0.291 e. The van der Waals surface area contributed by atoms with Gasteiger partial charge < -0.3 is 24.1 Å². The van der Waals surface area contributed by atoms with E-state index in [-0.39, 0.29) is 24.0 Å². The fraction of sp³-hybridized carbons (Fsp3) is 0.304. The molecule has 2 aromatic carbocycles. The van der Waals surface area contributed by atoms with Crippen molar-refractivity contribution >= 4 is 44.4 Å². The van der Waals surface area contributed by atoms with Gasteiger partial charge in [-0.2, -0.15) is 0 Å². The lowest BCUT2D eigenvalue weighted by molar-refractivity contribution is -0.116. The highest BCUT2D eigenvalue weighted by Gasteiger charge is 2.27. The minimum atomic E-state index is -0.243. The van der Waals surface area contributed by atoms with E-state index < -0.39 is 0 Å². The van der Waals surface area contributed by atoms with E-state index in [1.54, 1.807) is 11.0 Å². The molecule has 0 atom stereocenters. The number of hydrogen-bond acceptors (Lipinski definition) is 5. The van der Waals surface area contributed by atoms with Gasteiger partial charge in [0, 0.05) is 29.4 Å². The number of nitrogens with zero attached hydrogens (tertiary/aromatic N) is 1. The van der Waals surface area contributed by atoms with Crippen LogP contribution in [-0.4, -0.2) is 49.6 Å². The van der Waals surface area contributed by atoms with Gasteiger partial charge in [0.05, 0.1) is 19.8 Å². The second-order valence-corrected chi connectivity index (χ2v) is 8.08. The van der Waals surface area contributed by atoms with Crippen molar-refractivity contribution in [3.05, 3.63) is 58.8 Å². The summed E-state index contributed by atoms with van der Waals surface area (Å²) in [4.78, 5) is 27.3. The molecule has 8 heteroatoms. The maximum atomic E-state index is 13.0. The quantitative estimate of drug-likeness (QED) is 0.498. The van der Waals surface area contributed by atoms with E-state index >= 15 is 0 Å². The topological polar surface area (TPSA) is 81.0 Å². The highest BCUT2D eigenvalue weighted by Crippen LogP contribution is 2.32. The molecular formula is C23H23BrN2O5. The van der Waals surface area contributed by atoms with E-state index in [4.69, 9.17) is 13.9 Å². The van der Waals surface area contributed by atoms with E-state index in [1.165, 1.54) is 0 Å². The number of halogens is 1. The minimum Gasteiger partial charge on any atom is -0.494 e.